The number of nitrogens with zero attached hydrogens (tertiary/aromatic N) is 3. The molecule has 8 N–H and O–H groups in total. The van der Waals surface area contributed by atoms with E-state index < -0.39 is 67.9 Å². The summed E-state index contributed by atoms with van der Waals surface area (Å²) in [6.07, 6.45) is -6.52. The minimum absolute atomic E-state index is 0.0269. The van der Waals surface area contributed by atoms with Crippen molar-refractivity contribution in [1.82, 2.24) is 19.5 Å². The average molecular weight is 415 g/mol. The summed E-state index contributed by atoms with van der Waals surface area (Å²) in [4.78, 5) is 22.3. The summed E-state index contributed by atoms with van der Waals surface area (Å²) in [6, 6.07) is 0. The monoisotopic (exact) mass is 415 g/mol. The van der Waals surface area contributed by atoms with E-state index in [1.165, 1.54) is 10.9 Å². The maximum Gasteiger partial charge on any atom is 0.280 e. The van der Waals surface area contributed by atoms with Gasteiger partial charge in [-0.2, -0.15) is 4.98 Å². The highest BCUT2D eigenvalue weighted by molar-refractivity contribution is 5.70. The van der Waals surface area contributed by atoms with E-state index in [0.29, 0.717) is 0 Å². The van der Waals surface area contributed by atoms with Crippen molar-refractivity contribution in [2.75, 3.05) is 25.6 Å². The predicted molar refractivity (Wildman–Crippen MR) is 92.2 cm³/mol. The van der Waals surface area contributed by atoms with Crippen LogP contribution in [0.25, 0.3) is 11.2 Å². The molecule has 4 heterocycles. The van der Waals surface area contributed by atoms with Gasteiger partial charge >= 0.3 is 0 Å². The second kappa shape index (κ2) is 7.26. The predicted octanol–water partition coefficient (Wildman–Crippen LogP) is -4.22. The largest absolute Gasteiger partial charge is 0.394 e. The molecule has 0 unspecified atom stereocenters. The number of aliphatic hydroxyl groups excluding tert-OH is 4. The van der Waals surface area contributed by atoms with Crippen molar-refractivity contribution in [3.63, 3.8) is 0 Å². The molecule has 0 radical (unpaired) electrons. The molecule has 0 aliphatic carbocycles. The van der Waals surface area contributed by atoms with E-state index in [-0.39, 0.29) is 17.1 Å². The third-order valence-corrected chi connectivity index (χ3v) is 5.06. The van der Waals surface area contributed by atoms with Gasteiger partial charge in [-0.05, 0) is 0 Å². The van der Waals surface area contributed by atoms with Crippen LogP contribution < -0.4 is 11.3 Å². The third kappa shape index (κ3) is 3.19. The van der Waals surface area contributed by atoms with Crippen LogP contribution in [0, 0.1) is 0 Å². The smallest absolute Gasteiger partial charge is 0.280 e. The summed E-state index contributed by atoms with van der Waals surface area (Å²) in [5.74, 6) is -2.44. The summed E-state index contributed by atoms with van der Waals surface area (Å²) < 4.78 is 17.6. The Morgan fingerprint density at radius 1 is 1.34 bits per heavy atom. The van der Waals surface area contributed by atoms with Crippen LogP contribution in [-0.4, -0.2) is 101 Å². The molecule has 7 atom stereocenters. The van der Waals surface area contributed by atoms with Crippen molar-refractivity contribution < 1.29 is 39.7 Å². The lowest BCUT2D eigenvalue weighted by molar-refractivity contribution is -0.280. The summed E-state index contributed by atoms with van der Waals surface area (Å²) in [5, 5.41) is 50.1. The van der Waals surface area contributed by atoms with Crippen LogP contribution in [0.1, 0.15) is 6.23 Å². The molecule has 2 aromatic heterocycles. The first kappa shape index (κ1) is 20.1. The zero-order valence-electron chi connectivity index (χ0n) is 15.0. The van der Waals surface area contributed by atoms with Crippen LogP contribution in [-0.2, 0) is 14.2 Å². The summed E-state index contributed by atoms with van der Waals surface area (Å²) in [6.45, 7) is -1.61. The Morgan fingerprint density at radius 3 is 2.72 bits per heavy atom. The molecule has 2 saturated heterocycles. The molecule has 29 heavy (non-hydrogen) atoms. The first-order chi connectivity index (χ1) is 13.8. The quantitative estimate of drug-likeness (QED) is 0.231. The van der Waals surface area contributed by atoms with E-state index in [4.69, 9.17) is 19.9 Å². The van der Waals surface area contributed by atoms with Crippen molar-refractivity contribution >= 4 is 17.1 Å². The number of nitrogens with one attached hydrogen (secondary N) is 1. The first-order valence-electron chi connectivity index (χ1n) is 8.76. The Hall–Kier alpha value is -2.17. The number of nitrogen functional groups attached to an aromatic ring is 1. The van der Waals surface area contributed by atoms with Crippen molar-refractivity contribution in [3.05, 3.63) is 16.7 Å². The third-order valence-electron chi connectivity index (χ3n) is 5.06. The van der Waals surface area contributed by atoms with Gasteiger partial charge in [0.05, 0.1) is 19.5 Å². The minimum Gasteiger partial charge on any atom is -0.394 e. The number of ether oxygens (including phenoxy) is 3. The number of nitrogens with two attached hydrogens (primary N) is 1. The van der Waals surface area contributed by atoms with Gasteiger partial charge in [0.15, 0.2) is 17.4 Å². The molecule has 0 saturated carbocycles. The van der Waals surface area contributed by atoms with Gasteiger partial charge in [-0.3, -0.25) is 14.3 Å². The SMILES string of the molecule is Nc1nc2c(ncn2[C@@H]2O[C@H](CO)[C@H](O)[C@H]2O[C@@]2(O)CO[C@H](CO)[C@H]2O)c(=O)[nH]1. The van der Waals surface area contributed by atoms with Crippen LogP contribution in [0.4, 0.5) is 5.95 Å². The highest BCUT2D eigenvalue weighted by atomic mass is 16.7. The van der Waals surface area contributed by atoms with Crippen molar-refractivity contribution in [2.24, 2.45) is 0 Å². The second-order valence-electron chi connectivity index (χ2n) is 6.92. The fourth-order valence-electron chi connectivity index (χ4n) is 3.53. The summed E-state index contributed by atoms with van der Waals surface area (Å²) >= 11 is 0. The van der Waals surface area contributed by atoms with Crippen LogP contribution in [0.2, 0.25) is 0 Å². The van der Waals surface area contributed by atoms with E-state index in [9.17, 15) is 30.3 Å². The maximum atomic E-state index is 12.0. The molecular weight excluding hydrogens is 394 g/mol. The Labute approximate surface area is 162 Å². The number of anilines is 1. The zero-order chi connectivity index (χ0) is 20.9. The zero-order valence-corrected chi connectivity index (χ0v) is 15.0. The molecule has 14 nitrogen and oxygen atoms in total. The number of H-pyrrole nitrogens is 1. The fourth-order valence-corrected chi connectivity index (χ4v) is 3.53. The van der Waals surface area contributed by atoms with Crippen LogP contribution >= 0.6 is 0 Å². The lowest BCUT2D eigenvalue weighted by atomic mass is 10.1. The van der Waals surface area contributed by atoms with E-state index in [0.717, 1.165) is 0 Å². The molecule has 0 spiro atoms. The number of rotatable bonds is 5. The van der Waals surface area contributed by atoms with Gasteiger partial charge in [0.2, 0.25) is 11.7 Å². The molecule has 2 aliphatic rings. The highest BCUT2D eigenvalue weighted by Crippen LogP contribution is 2.38. The topological polar surface area (TPSA) is 218 Å². The second-order valence-corrected chi connectivity index (χ2v) is 6.92. The molecule has 2 fully saturated rings. The van der Waals surface area contributed by atoms with Crippen molar-refractivity contribution in [2.45, 2.75) is 42.5 Å². The van der Waals surface area contributed by atoms with E-state index in [2.05, 4.69) is 15.0 Å². The Morgan fingerprint density at radius 2 is 2.07 bits per heavy atom. The Bertz CT molecular complexity index is 950. The van der Waals surface area contributed by atoms with Crippen LogP contribution in [0.15, 0.2) is 11.1 Å². The molecule has 2 aromatic rings. The first-order valence-corrected chi connectivity index (χ1v) is 8.76. The molecule has 0 bridgehead atoms. The van der Waals surface area contributed by atoms with Gasteiger partial charge in [-0.1, -0.05) is 0 Å². The number of aliphatic hydroxyl groups is 5. The number of hydrogen-bond donors (Lipinski definition) is 7. The minimum atomic E-state index is -2.26. The Balaban J connectivity index is 1.71. The van der Waals surface area contributed by atoms with Gasteiger partial charge in [0.25, 0.3) is 5.56 Å². The van der Waals surface area contributed by atoms with Gasteiger partial charge in [0, 0.05) is 0 Å². The summed E-state index contributed by atoms with van der Waals surface area (Å²) in [5.41, 5.74) is 4.97. The van der Waals surface area contributed by atoms with Crippen LogP contribution in [0.3, 0.4) is 0 Å². The molecule has 2 aliphatic heterocycles. The number of aromatic amines is 1. The van der Waals surface area contributed by atoms with E-state index >= 15 is 0 Å². The molecule has 0 amide bonds. The molecular formula is C15H21N5O9. The number of imidazole rings is 1. The van der Waals surface area contributed by atoms with Gasteiger partial charge in [0.1, 0.15) is 37.1 Å². The molecule has 160 valence electrons. The van der Waals surface area contributed by atoms with Crippen LogP contribution in [0.5, 0.6) is 0 Å². The number of fused-ring (bicyclic) bond motifs is 1. The standard InChI is InChI=1S/C15H21N5O9/c16-14-18-11-7(12(25)19-14)17-4-20(11)13-9(8(23)5(1-21)28-13)29-15(26)3-27-6(2-22)10(15)24/h4-6,8-10,13,21-24,26H,1-3H2,(H3,16,18,19,25)/t5-,6-,8+,9-,10-,13-,15+/m1/s1. The van der Waals surface area contributed by atoms with Gasteiger partial charge in [-0.25, -0.2) is 4.98 Å². The Kier molecular flexibility index (Phi) is 5.04. The highest BCUT2D eigenvalue weighted by Gasteiger charge is 2.55. The molecule has 14 heteroatoms. The number of aromatic nitrogens is 4. The molecule has 0 aromatic carbocycles. The summed E-state index contributed by atoms with van der Waals surface area (Å²) in [7, 11) is 0. The van der Waals surface area contributed by atoms with E-state index in [1.807, 2.05) is 0 Å². The molecule has 4 rings (SSSR count). The number of hydrogen-bond acceptors (Lipinski definition) is 12. The van der Waals surface area contributed by atoms with Crippen molar-refractivity contribution in [1.29, 1.82) is 0 Å². The average Bonchev–Trinajstić information content (AvgIpc) is 3.32. The normalized spacial score (nSPS) is 37.6. The maximum absolute atomic E-state index is 12.0. The van der Waals surface area contributed by atoms with Gasteiger partial charge in [-0.15, -0.1) is 0 Å². The lowest BCUT2D eigenvalue weighted by Gasteiger charge is -2.32. The van der Waals surface area contributed by atoms with Gasteiger partial charge < -0.3 is 45.5 Å². The van der Waals surface area contributed by atoms with Crippen molar-refractivity contribution in [3.8, 4) is 0 Å². The fraction of sp³-hybridized carbons (Fsp3) is 0.667. The lowest BCUT2D eigenvalue weighted by Crippen LogP contribution is -2.52. The van der Waals surface area contributed by atoms with E-state index in [1.54, 1.807) is 0 Å².